The molecule has 0 saturated carbocycles. The Kier molecular flexibility index (Phi) is 4.40. The fourth-order valence-electron chi connectivity index (χ4n) is 3.84. The number of nitrogens with one attached hydrogen (secondary N) is 2. The predicted octanol–water partition coefficient (Wildman–Crippen LogP) is 2.53. The van der Waals surface area contributed by atoms with E-state index in [1.807, 2.05) is 43.5 Å². The molecule has 4 aromatic rings. The predicted molar refractivity (Wildman–Crippen MR) is 118 cm³/mol. The zero-order valence-electron chi connectivity index (χ0n) is 16.5. The monoisotopic (exact) mass is 435 g/mol. The van der Waals surface area contributed by atoms with Gasteiger partial charge in [0, 0.05) is 18.1 Å². The van der Waals surface area contributed by atoms with Gasteiger partial charge in [0.25, 0.3) is 11.5 Å². The fraction of sp³-hybridized carbons (Fsp3) is 0.143. The highest BCUT2D eigenvalue weighted by atomic mass is 35.5. The van der Waals surface area contributed by atoms with Gasteiger partial charge < -0.3 is 20.8 Å². The Balaban J connectivity index is 1.68. The quantitative estimate of drug-likeness (QED) is 0.453. The molecule has 5 rings (SSSR count). The van der Waals surface area contributed by atoms with Crippen molar-refractivity contribution < 1.29 is 4.79 Å². The van der Waals surface area contributed by atoms with Crippen molar-refractivity contribution in [2.24, 2.45) is 0 Å². The minimum Gasteiger partial charge on any atom is -0.368 e. The van der Waals surface area contributed by atoms with Crippen LogP contribution in [0.2, 0.25) is 5.02 Å². The highest BCUT2D eigenvalue weighted by Gasteiger charge is 2.28. The zero-order chi connectivity index (χ0) is 21.7. The van der Waals surface area contributed by atoms with Crippen LogP contribution in [0.4, 0.5) is 11.8 Å². The molecule has 0 saturated heterocycles. The molecule has 1 amide bonds. The van der Waals surface area contributed by atoms with Gasteiger partial charge in [0.2, 0.25) is 5.95 Å². The number of para-hydroxylation sites is 1. The van der Waals surface area contributed by atoms with E-state index in [1.165, 1.54) is 0 Å². The van der Waals surface area contributed by atoms with Gasteiger partial charge in [0.15, 0.2) is 0 Å². The van der Waals surface area contributed by atoms with Crippen LogP contribution in [0.15, 0.2) is 53.6 Å². The number of hydrogen-bond donors (Lipinski definition) is 3. The van der Waals surface area contributed by atoms with E-state index in [4.69, 9.17) is 17.3 Å². The van der Waals surface area contributed by atoms with Crippen molar-refractivity contribution in [2.45, 2.75) is 19.5 Å². The third-order valence-electron chi connectivity index (χ3n) is 5.26. The molecule has 9 nitrogen and oxygen atoms in total. The second-order valence-corrected chi connectivity index (χ2v) is 7.66. The lowest BCUT2D eigenvalue weighted by atomic mass is 10.1. The van der Waals surface area contributed by atoms with Crippen LogP contribution < -0.4 is 21.9 Å². The second-order valence-electron chi connectivity index (χ2n) is 7.25. The molecule has 31 heavy (non-hydrogen) atoms. The fourth-order valence-corrected chi connectivity index (χ4v) is 4.08. The highest BCUT2D eigenvalue weighted by molar-refractivity contribution is 6.33. The number of fused-ring (bicyclic) bond motifs is 2. The minimum atomic E-state index is -0.412. The molecule has 156 valence electrons. The number of amides is 1. The van der Waals surface area contributed by atoms with Crippen molar-refractivity contribution in [3.8, 4) is 5.69 Å². The van der Waals surface area contributed by atoms with Crippen molar-refractivity contribution in [1.29, 1.82) is 0 Å². The number of rotatable bonds is 4. The van der Waals surface area contributed by atoms with E-state index < -0.39 is 6.04 Å². The maximum Gasteiger partial charge on any atom is 0.281 e. The second kappa shape index (κ2) is 7.13. The lowest BCUT2D eigenvalue weighted by Crippen LogP contribution is -2.27. The molecule has 0 unspecified atom stereocenters. The van der Waals surface area contributed by atoms with Crippen LogP contribution in [0.3, 0.4) is 0 Å². The molecule has 0 radical (unpaired) electrons. The Labute approximate surface area is 181 Å². The van der Waals surface area contributed by atoms with Crippen molar-refractivity contribution in [2.75, 3.05) is 11.1 Å². The largest absolute Gasteiger partial charge is 0.368 e. The van der Waals surface area contributed by atoms with E-state index in [1.54, 1.807) is 21.2 Å². The van der Waals surface area contributed by atoms with Gasteiger partial charge in [0.1, 0.15) is 16.9 Å². The Bertz CT molecular complexity index is 1390. The van der Waals surface area contributed by atoms with E-state index in [2.05, 4.69) is 20.6 Å². The number of benzene rings is 1. The van der Waals surface area contributed by atoms with Gasteiger partial charge in [-0.3, -0.25) is 14.2 Å². The first-order valence-electron chi connectivity index (χ1n) is 9.62. The van der Waals surface area contributed by atoms with Crippen molar-refractivity contribution in [3.05, 3.63) is 81.1 Å². The molecule has 1 aromatic carbocycles. The number of carbonyl (C=O) groups is 1. The van der Waals surface area contributed by atoms with Gasteiger partial charge >= 0.3 is 0 Å². The lowest BCUT2D eigenvalue weighted by Gasteiger charge is -2.21. The summed E-state index contributed by atoms with van der Waals surface area (Å²) in [7, 11) is 0. The highest BCUT2D eigenvalue weighted by Crippen LogP contribution is 2.27. The molecule has 1 atom stereocenters. The van der Waals surface area contributed by atoms with Crippen LogP contribution in [0.1, 0.15) is 34.7 Å². The molecule has 0 spiro atoms. The average Bonchev–Trinajstić information content (AvgIpc) is 3.31. The topological polar surface area (TPSA) is 119 Å². The summed E-state index contributed by atoms with van der Waals surface area (Å²) in [6, 6.07) is 10.6. The Hall–Kier alpha value is -3.85. The summed E-state index contributed by atoms with van der Waals surface area (Å²) in [5, 5.41) is 6.34. The lowest BCUT2D eigenvalue weighted by molar-refractivity contribution is 0.0966. The number of halogens is 1. The Morgan fingerprint density at radius 2 is 1.97 bits per heavy atom. The number of hydrogen-bond acceptors (Lipinski definition) is 6. The summed E-state index contributed by atoms with van der Waals surface area (Å²) in [5.41, 5.74) is 8.22. The van der Waals surface area contributed by atoms with E-state index in [9.17, 15) is 9.59 Å². The SMILES string of the molecule is C[C@H](Nc1nc(N)nc2c1C(=O)NC2)c1cn2ccc(Cl)c2c(=O)n1-c1ccccc1. The zero-order valence-corrected chi connectivity index (χ0v) is 17.2. The number of aromatic nitrogens is 4. The van der Waals surface area contributed by atoms with Crippen molar-refractivity contribution >= 4 is 34.8 Å². The molecular formula is C21H18ClN7O2. The molecule has 10 heteroatoms. The van der Waals surface area contributed by atoms with Crippen LogP contribution >= 0.6 is 11.6 Å². The van der Waals surface area contributed by atoms with E-state index in [0.717, 1.165) is 0 Å². The van der Waals surface area contributed by atoms with Gasteiger partial charge in [0.05, 0.1) is 29.0 Å². The standard InChI is InChI=1S/C21H18ClN7O2/c1-11(25-18-16-14(9-24-19(16)30)26-21(23)27-18)15-10-28-8-7-13(22)17(28)20(31)29(15)12-5-3-2-4-6-12/h2-8,10-11H,9H2,1H3,(H,24,30)(H3,23,25,26,27)/t11-/m0/s1. The van der Waals surface area contributed by atoms with E-state index in [0.29, 0.717) is 45.5 Å². The van der Waals surface area contributed by atoms with Gasteiger partial charge in [-0.05, 0) is 25.1 Å². The van der Waals surface area contributed by atoms with Crippen LogP contribution in [-0.2, 0) is 6.54 Å². The molecule has 4 N–H and O–H groups in total. The molecular weight excluding hydrogens is 418 g/mol. The molecule has 0 aliphatic carbocycles. The summed E-state index contributed by atoms with van der Waals surface area (Å²) in [5.74, 6) is 0.124. The van der Waals surface area contributed by atoms with Gasteiger partial charge in [-0.2, -0.15) is 4.98 Å². The molecule has 1 aliphatic rings. The van der Waals surface area contributed by atoms with Crippen LogP contribution in [0.25, 0.3) is 11.2 Å². The summed E-state index contributed by atoms with van der Waals surface area (Å²) >= 11 is 6.27. The van der Waals surface area contributed by atoms with Gasteiger partial charge in [-0.25, -0.2) is 4.98 Å². The average molecular weight is 436 g/mol. The molecule has 0 bridgehead atoms. The third-order valence-corrected chi connectivity index (χ3v) is 5.56. The number of nitrogen functional groups attached to an aromatic ring is 1. The van der Waals surface area contributed by atoms with E-state index >= 15 is 0 Å². The van der Waals surface area contributed by atoms with Crippen LogP contribution in [0.5, 0.6) is 0 Å². The Morgan fingerprint density at radius 1 is 1.19 bits per heavy atom. The molecule has 1 aliphatic heterocycles. The first-order chi connectivity index (χ1) is 14.9. The maximum atomic E-state index is 13.4. The number of anilines is 2. The van der Waals surface area contributed by atoms with Crippen LogP contribution in [0, 0.1) is 0 Å². The van der Waals surface area contributed by atoms with E-state index in [-0.39, 0.29) is 17.4 Å². The maximum absolute atomic E-state index is 13.4. The van der Waals surface area contributed by atoms with Crippen molar-refractivity contribution in [3.63, 3.8) is 0 Å². The smallest absolute Gasteiger partial charge is 0.281 e. The molecule has 4 heterocycles. The Morgan fingerprint density at radius 3 is 2.74 bits per heavy atom. The van der Waals surface area contributed by atoms with Gasteiger partial charge in [-0.1, -0.05) is 29.8 Å². The number of nitrogens with two attached hydrogens (primary N) is 1. The summed E-state index contributed by atoms with van der Waals surface area (Å²) in [6.45, 7) is 2.18. The first-order valence-corrected chi connectivity index (χ1v) is 10.0. The number of carbonyl (C=O) groups excluding carboxylic acids is 1. The number of nitrogens with zero attached hydrogens (tertiary/aromatic N) is 4. The first kappa shape index (κ1) is 19.1. The van der Waals surface area contributed by atoms with Crippen molar-refractivity contribution in [1.82, 2.24) is 24.3 Å². The summed E-state index contributed by atoms with van der Waals surface area (Å²) in [6.07, 6.45) is 3.57. The normalized spacial score (nSPS) is 13.8. The minimum absolute atomic E-state index is 0.0676. The summed E-state index contributed by atoms with van der Waals surface area (Å²) < 4.78 is 3.30. The third kappa shape index (κ3) is 3.10. The van der Waals surface area contributed by atoms with Gasteiger partial charge in [-0.15, -0.1) is 0 Å². The molecule has 3 aromatic heterocycles. The van der Waals surface area contributed by atoms with Crippen LogP contribution in [-0.4, -0.2) is 24.8 Å². The molecule has 0 fully saturated rings. The summed E-state index contributed by atoms with van der Waals surface area (Å²) in [4.78, 5) is 34.1.